The fourth-order valence-corrected chi connectivity index (χ4v) is 7.84. The summed E-state index contributed by atoms with van der Waals surface area (Å²) in [4.78, 5) is 20.7. The molecule has 5 heterocycles. The van der Waals surface area contributed by atoms with Crippen LogP contribution in [-0.4, -0.2) is 117 Å². The molecule has 1 unspecified atom stereocenters. The Morgan fingerprint density at radius 3 is 2.66 bits per heavy atom. The van der Waals surface area contributed by atoms with E-state index in [2.05, 4.69) is 16.7 Å². The second-order valence-electron chi connectivity index (χ2n) is 10.8. The van der Waals surface area contributed by atoms with Crippen molar-refractivity contribution in [1.29, 1.82) is 0 Å². The largest absolute Gasteiger partial charge is 0.379 e. The number of carbonyl (C=O) groups is 1. The van der Waals surface area contributed by atoms with E-state index in [1.807, 2.05) is 16.8 Å². The highest BCUT2D eigenvalue weighted by Crippen LogP contribution is 2.41. The molecule has 2 atom stereocenters. The van der Waals surface area contributed by atoms with Crippen LogP contribution in [0.15, 0.2) is 29.2 Å². The Hall–Kier alpha value is -2.31. The maximum absolute atomic E-state index is 13.6. The number of hydrogen-bond donors (Lipinski definition) is 0. The molecule has 4 aliphatic heterocycles. The van der Waals surface area contributed by atoms with Crippen LogP contribution in [0.4, 0.5) is 0 Å². The van der Waals surface area contributed by atoms with Gasteiger partial charge in [0.25, 0.3) is 5.91 Å². The van der Waals surface area contributed by atoms with Crippen molar-refractivity contribution in [3.05, 3.63) is 35.5 Å². The first-order valence-electron chi connectivity index (χ1n) is 13.8. The zero-order valence-electron chi connectivity index (χ0n) is 22.0. The monoisotopic (exact) mass is 543 g/mol. The molecule has 6 rings (SSSR count). The third kappa shape index (κ3) is 4.90. The Bertz CT molecular complexity index is 1290. The van der Waals surface area contributed by atoms with E-state index in [9.17, 15) is 13.2 Å². The molecule has 0 saturated carbocycles. The molecule has 11 heteroatoms. The standard InChI is InChI=1S/C27H37N5O5S/c1-20-18-37-16-11-30(20)10-9-29-8-4-5-21(17-29)32-26-22-6-2-3-7-24(22)38(34,35)19-23(26)25(28-32)27(33)31-12-14-36-15-13-31/h2-3,6-7,20-21H,4-5,8-19H2,1H3/t20?,21-/m0/s1. The van der Waals surface area contributed by atoms with Gasteiger partial charge in [0.1, 0.15) is 0 Å². The van der Waals surface area contributed by atoms with Crippen molar-refractivity contribution < 1.29 is 22.7 Å². The number of piperidine rings is 1. The van der Waals surface area contributed by atoms with E-state index in [0.29, 0.717) is 48.4 Å². The van der Waals surface area contributed by atoms with Crippen LogP contribution in [-0.2, 0) is 25.1 Å². The van der Waals surface area contributed by atoms with Gasteiger partial charge in [-0.3, -0.25) is 19.3 Å². The normalized spacial score (nSPS) is 26.1. The van der Waals surface area contributed by atoms with Crippen molar-refractivity contribution >= 4 is 15.7 Å². The van der Waals surface area contributed by atoms with E-state index < -0.39 is 9.84 Å². The maximum Gasteiger partial charge on any atom is 0.274 e. The van der Waals surface area contributed by atoms with Crippen molar-refractivity contribution in [3.63, 3.8) is 0 Å². The van der Waals surface area contributed by atoms with Gasteiger partial charge in [0.15, 0.2) is 15.5 Å². The van der Waals surface area contributed by atoms with Crippen LogP contribution in [0.1, 0.15) is 41.9 Å². The van der Waals surface area contributed by atoms with Crippen LogP contribution in [0, 0.1) is 0 Å². The lowest BCUT2D eigenvalue weighted by molar-refractivity contribution is -0.00562. The van der Waals surface area contributed by atoms with Gasteiger partial charge in [-0.2, -0.15) is 5.10 Å². The van der Waals surface area contributed by atoms with Crippen LogP contribution in [0.3, 0.4) is 0 Å². The van der Waals surface area contributed by atoms with Gasteiger partial charge in [-0.15, -0.1) is 0 Å². The quantitative estimate of drug-likeness (QED) is 0.562. The Morgan fingerprint density at radius 1 is 1.05 bits per heavy atom. The molecule has 0 radical (unpaired) electrons. The van der Waals surface area contributed by atoms with Crippen LogP contribution >= 0.6 is 0 Å². The number of morpholine rings is 2. The number of sulfone groups is 1. The summed E-state index contributed by atoms with van der Waals surface area (Å²) >= 11 is 0. The van der Waals surface area contributed by atoms with Crippen molar-refractivity contribution in [2.24, 2.45) is 0 Å². The van der Waals surface area contributed by atoms with Gasteiger partial charge >= 0.3 is 0 Å². The summed E-state index contributed by atoms with van der Waals surface area (Å²) in [5, 5.41) is 4.92. The van der Waals surface area contributed by atoms with Gasteiger partial charge in [0.2, 0.25) is 0 Å². The first-order valence-corrected chi connectivity index (χ1v) is 15.4. The Balaban J connectivity index is 1.32. The minimum Gasteiger partial charge on any atom is -0.379 e. The summed E-state index contributed by atoms with van der Waals surface area (Å²) in [6.45, 7) is 10.5. The van der Waals surface area contributed by atoms with Crippen LogP contribution in [0.2, 0.25) is 0 Å². The molecule has 4 aliphatic rings. The molecule has 0 aliphatic carbocycles. The smallest absolute Gasteiger partial charge is 0.274 e. The summed E-state index contributed by atoms with van der Waals surface area (Å²) in [6, 6.07) is 7.64. The van der Waals surface area contributed by atoms with Crippen LogP contribution < -0.4 is 0 Å². The molecule has 0 N–H and O–H groups in total. The first kappa shape index (κ1) is 25.9. The van der Waals surface area contributed by atoms with Crippen LogP contribution in [0.5, 0.6) is 0 Å². The van der Waals surface area contributed by atoms with Gasteiger partial charge in [-0.25, -0.2) is 8.42 Å². The molecule has 206 valence electrons. The molecule has 1 aromatic heterocycles. The molecule has 0 bridgehead atoms. The number of hydrogen-bond acceptors (Lipinski definition) is 8. The average molecular weight is 544 g/mol. The number of likely N-dealkylation sites (tertiary alicyclic amines) is 1. The molecule has 38 heavy (non-hydrogen) atoms. The molecule has 3 fully saturated rings. The summed E-state index contributed by atoms with van der Waals surface area (Å²) in [6.07, 6.45) is 1.98. The molecule has 3 saturated heterocycles. The number of ether oxygens (including phenoxy) is 2. The van der Waals surface area contributed by atoms with E-state index in [4.69, 9.17) is 14.6 Å². The Morgan fingerprint density at radius 2 is 1.84 bits per heavy atom. The lowest BCUT2D eigenvalue weighted by Crippen LogP contribution is -2.48. The fourth-order valence-electron chi connectivity index (χ4n) is 6.24. The number of nitrogens with zero attached hydrogens (tertiary/aromatic N) is 5. The van der Waals surface area contributed by atoms with E-state index >= 15 is 0 Å². The van der Waals surface area contributed by atoms with Gasteiger partial charge in [-0.1, -0.05) is 18.2 Å². The number of fused-ring (bicyclic) bond motifs is 3. The Labute approximate surface area is 224 Å². The molecular weight excluding hydrogens is 506 g/mol. The second kappa shape index (κ2) is 10.7. The molecule has 10 nitrogen and oxygen atoms in total. The van der Waals surface area contributed by atoms with Crippen LogP contribution in [0.25, 0.3) is 11.3 Å². The molecular formula is C27H37N5O5S. The summed E-state index contributed by atoms with van der Waals surface area (Å²) in [5.41, 5.74) is 2.26. The lowest BCUT2D eigenvalue weighted by atomic mass is 10.0. The van der Waals surface area contributed by atoms with Crippen molar-refractivity contribution in [3.8, 4) is 11.3 Å². The van der Waals surface area contributed by atoms with Crippen molar-refractivity contribution in [1.82, 2.24) is 24.5 Å². The molecule has 0 spiro atoms. The van der Waals surface area contributed by atoms with E-state index in [-0.39, 0.29) is 23.4 Å². The number of rotatable bonds is 5. The number of amides is 1. The van der Waals surface area contributed by atoms with E-state index in [1.54, 1.807) is 17.0 Å². The average Bonchev–Trinajstić information content (AvgIpc) is 3.31. The highest BCUT2D eigenvalue weighted by atomic mass is 32.2. The van der Waals surface area contributed by atoms with E-state index in [1.165, 1.54) is 0 Å². The predicted molar refractivity (Wildman–Crippen MR) is 142 cm³/mol. The van der Waals surface area contributed by atoms with E-state index in [0.717, 1.165) is 64.5 Å². The van der Waals surface area contributed by atoms with Gasteiger partial charge in [-0.05, 0) is 32.4 Å². The minimum atomic E-state index is -3.57. The number of aromatic nitrogens is 2. The number of benzene rings is 1. The van der Waals surface area contributed by atoms with Crippen molar-refractivity contribution in [2.45, 2.75) is 42.5 Å². The molecule has 1 aromatic carbocycles. The van der Waals surface area contributed by atoms with Gasteiger partial charge in [0.05, 0.1) is 48.8 Å². The van der Waals surface area contributed by atoms with Gasteiger partial charge < -0.3 is 14.4 Å². The summed E-state index contributed by atoms with van der Waals surface area (Å²) < 4.78 is 39.6. The highest BCUT2D eigenvalue weighted by Gasteiger charge is 2.39. The molecule has 1 amide bonds. The first-order chi connectivity index (χ1) is 18.4. The van der Waals surface area contributed by atoms with Gasteiger partial charge in [0, 0.05) is 56.4 Å². The van der Waals surface area contributed by atoms with Crippen molar-refractivity contribution in [2.75, 3.05) is 72.2 Å². The Kier molecular flexibility index (Phi) is 7.30. The highest BCUT2D eigenvalue weighted by molar-refractivity contribution is 7.90. The summed E-state index contributed by atoms with van der Waals surface area (Å²) in [5.74, 6) is -0.400. The minimum absolute atomic E-state index is 0.0692. The third-order valence-electron chi connectivity index (χ3n) is 8.36. The zero-order chi connectivity index (χ0) is 26.3. The SMILES string of the molecule is CC1COCCN1CCN1CCC[C@H](n2nc(C(=O)N3CCOCC3)c3c2-c2ccccc2S(=O)(=O)C3)C1. The topological polar surface area (TPSA) is 97.2 Å². The molecule has 2 aromatic rings. The number of carbonyl (C=O) groups excluding carboxylic acids is 1. The fraction of sp³-hybridized carbons (Fsp3) is 0.630. The zero-order valence-corrected chi connectivity index (χ0v) is 22.9. The third-order valence-corrected chi connectivity index (χ3v) is 10.1. The second-order valence-corrected chi connectivity index (χ2v) is 12.8. The maximum atomic E-state index is 13.6. The summed E-state index contributed by atoms with van der Waals surface area (Å²) in [7, 11) is -3.57. The predicted octanol–water partition coefficient (Wildman–Crippen LogP) is 1.67. The lowest BCUT2D eigenvalue weighted by Gasteiger charge is -2.38.